The van der Waals surface area contributed by atoms with Crippen molar-refractivity contribution in [2.45, 2.75) is 57.9 Å². The number of hydrogen-bond acceptors (Lipinski definition) is 6. The molecule has 1 atom stereocenters. The van der Waals surface area contributed by atoms with E-state index in [9.17, 15) is 22.8 Å². The van der Waals surface area contributed by atoms with Gasteiger partial charge in [0.1, 0.15) is 0 Å². The average Bonchev–Trinajstić information content (AvgIpc) is 3.03. The van der Waals surface area contributed by atoms with Gasteiger partial charge in [-0.05, 0) is 24.8 Å². The van der Waals surface area contributed by atoms with Crippen molar-refractivity contribution < 1.29 is 27.5 Å². The third-order valence-corrected chi connectivity index (χ3v) is 6.63. The predicted molar refractivity (Wildman–Crippen MR) is 109 cm³/mol. The van der Waals surface area contributed by atoms with Crippen LogP contribution in [0.25, 0.3) is 0 Å². The van der Waals surface area contributed by atoms with Crippen LogP contribution in [0.2, 0.25) is 0 Å². The van der Waals surface area contributed by atoms with Crippen molar-refractivity contribution in [1.82, 2.24) is 5.32 Å². The van der Waals surface area contributed by atoms with E-state index in [2.05, 4.69) is 12.2 Å². The van der Waals surface area contributed by atoms with E-state index in [1.165, 1.54) is 12.0 Å². The molecule has 0 saturated carbocycles. The number of nitrogens with one attached hydrogen (secondary N) is 1. The van der Waals surface area contributed by atoms with Crippen molar-refractivity contribution in [3.63, 3.8) is 0 Å². The summed E-state index contributed by atoms with van der Waals surface area (Å²) in [5.41, 5.74) is 1.74. The summed E-state index contributed by atoms with van der Waals surface area (Å²) in [6.45, 7) is 1.68. The van der Waals surface area contributed by atoms with E-state index >= 15 is 0 Å². The molecule has 0 bridgehead atoms. The summed E-state index contributed by atoms with van der Waals surface area (Å²) >= 11 is 0. The number of hydrogen-bond donors (Lipinski definition) is 1. The molecule has 8 heteroatoms. The number of sulfone groups is 1. The van der Waals surface area contributed by atoms with Crippen molar-refractivity contribution in [2.24, 2.45) is 0 Å². The number of esters is 1. The van der Waals surface area contributed by atoms with E-state index in [4.69, 9.17) is 4.74 Å². The lowest BCUT2D eigenvalue weighted by atomic mass is 10.0. The van der Waals surface area contributed by atoms with E-state index in [0.717, 1.165) is 19.3 Å². The Morgan fingerprint density at radius 3 is 2.45 bits per heavy atom. The molecule has 1 amide bonds. The molecule has 1 aromatic carbocycles. The Balaban J connectivity index is 1.66. The predicted octanol–water partition coefficient (Wildman–Crippen LogP) is 2.23. The van der Waals surface area contributed by atoms with Crippen LogP contribution >= 0.6 is 0 Å². The van der Waals surface area contributed by atoms with Crippen molar-refractivity contribution >= 4 is 27.5 Å². The van der Waals surface area contributed by atoms with Crippen LogP contribution in [0.1, 0.15) is 61.4 Å². The van der Waals surface area contributed by atoms with Gasteiger partial charge >= 0.3 is 5.97 Å². The van der Waals surface area contributed by atoms with Gasteiger partial charge in [0.05, 0.1) is 17.9 Å². The highest BCUT2D eigenvalue weighted by atomic mass is 32.2. The highest BCUT2D eigenvalue weighted by Crippen LogP contribution is 2.12. The highest BCUT2D eigenvalue weighted by Gasteiger charge is 2.29. The first-order valence-corrected chi connectivity index (χ1v) is 11.9. The molecule has 7 nitrogen and oxygen atoms in total. The standard InChI is InChI=1S/C21H29NO6S/c1-2-3-4-5-16-6-8-17(9-7-16)19(23)10-11-21(25)28-14-20(24)22-18-12-13-29(26,27)15-18/h6-9,18H,2-5,10-15H2,1H3,(H,22,24). The monoisotopic (exact) mass is 423 g/mol. The third-order valence-electron chi connectivity index (χ3n) is 4.86. The van der Waals surface area contributed by atoms with E-state index in [-0.39, 0.29) is 30.1 Å². The maximum atomic E-state index is 12.2. The SMILES string of the molecule is CCCCCc1ccc(C(=O)CCC(=O)OCC(=O)NC2CCS(=O)(=O)C2)cc1. The van der Waals surface area contributed by atoms with Gasteiger partial charge in [0.2, 0.25) is 0 Å². The number of benzene rings is 1. The number of amides is 1. The van der Waals surface area contributed by atoms with Crippen LogP contribution < -0.4 is 5.32 Å². The van der Waals surface area contributed by atoms with Crippen LogP contribution in [-0.4, -0.2) is 50.2 Å². The summed E-state index contributed by atoms with van der Waals surface area (Å²) in [6.07, 6.45) is 4.73. The van der Waals surface area contributed by atoms with Crippen LogP contribution in [0, 0.1) is 0 Å². The zero-order valence-electron chi connectivity index (χ0n) is 16.8. The first-order valence-electron chi connectivity index (χ1n) is 10.1. The molecule has 0 radical (unpaired) electrons. The second kappa shape index (κ2) is 11.1. The molecular weight excluding hydrogens is 394 g/mol. The first kappa shape index (κ1) is 23.1. The first-order chi connectivity index (χ1) is 13.8. The number of ether oxygens (including phenoxy) is 1. The molecule has 1 aliphatic heterocycles. The second-order valence-electron chi connectivity index (χ2n) is 7.41. The molecule has 1 aromatic rings. The van der Waals surface area contributed by atoms with Crippen LogP contribution in [-0.2, 0) is 30.6 Å². The van der Waals surface area contributed by atoms with Gasteiger partial charge < -0.3 is 10.1 Å². The van der Waals surface area contributed by atoms with Crippen LogP contribution in [0.15, 0.2) is 24.3 Å². The molecule has 1 saturated heterocycles. The van der Waals surface area contributed by atoms with Gasteiger partial charge in [-0.15, -0.1) is 0 Å². The molecule has 1 heterocycles. The zero-order valence-corrected chi connectivity index (χ0v) is 17.6. The summed E-state index contributed by atoms with van der Waals surface area (Å²) in [5.74, 6) is -1.35. The third kappa shape index (κ3) is 8.35. The Labute approximate surface area is 172 Å². The van der Waals surface area contributed by atoms with E-state index in [1.54, 1.807) is 12.1 Å². The maximum Gasteiger partial charge on any atom is 0.306 e. The number of ketones is 1. The van der Waals surface area contributed by atoms with Gasteiger partial charge in [-0.2, -0.15) is 0 Å². The number of unbranched alkanes of at least 4 members (excludes halogenated alkanes) is 2. The quantitative estimate of drug-likeness (QED) is 0.332. The number of rotatable bonds is 11. The highest BCUT2D eigenvalue weighted by molar-refractivity contribution is 7.91. The summed E-state index contributed by atoms with van der Waals surface area (Å²) in [6, 6.07) is 7.00. The minimum absolute atomic E-state index is 0.0104. The largest absolute Gasteiger partial charge is 0.456 e. The lowest BCUT2D eigenvalue weighted by Gasteiger charge is -2.11. The summed E-state index contributed by atoms with van der Waals surface area (Å²) in [7, 11) is -3.09. The molecule has 0 aliphatic carbocycles. The molecule has 160 valence electrons. The van der Waals surface area contributed by atoms with Gasteiger partial charge in [-0.25, -0.2) is 8.42 Å². The summed E-state index contributed by atoms with van der Waals surface area (Å²) in [5, 5.41) is 2.54. The molecule has 0 spiro atoms. The Kier molecular flexibility index (Phi) is 8.82. The lowest BCUT2D eigenvalue weighted by Crippen LogP contribution is -2.38. The molecular formula is C21H29NO6S. The fourth-order valence-electron chi connectivity index (χ4n) is 3.19. The fraction of sp³-hybridized carbons (Fsp3) is 0.571. The van der Waals surface area contributed by atoms with Crippen LogP contribution in [0.3, 0.4) is 0 Å². The zero-order chi connectivity index (χ0) is 21.3. The van der Waals surface area contributed by atoms with Crippen molar-refractivity contribution in [3.05, 3.63) is 35.4 Å². The Bertz CT molecular complexity index is 816. The Hall–Kier alpha value is -2.22. The fourth-order valence-corrected chi connectivity index (χ4v) is 4.87. The van der Waals surface area contributed by atoms with Crippen LogP contribution in [0.5, 0.6) is 0 Å². The Morgan fingerprint density at radius 1 is 1.10 bits per heavy atom. The van der Waals surface area contributed by atoms with Gasteiger partial charge in [0.15, 0.2) is 22.2 Å². The van der Waals surface area contributed by atoms with Gasteiger partial charge in [0.25, 0.3) is 5.91 Å². The number of carbonyl (C=O) groups excluding carboxylic acids is 3. The summed E-state index contributed by atoms with van der Waals surface area (Å²) in [4.78, 5) is 35.7. The maximum absolute atomic E-state index is 12.2. The van der Waals surface area contributed by atoms with Crippen LogP contribution in [0.4, 0.5) is 0 Å². The van der Waals surface area contributed by atoms with Crippen molar-refractivity contribution in [2.75, 3.05) is 18.1 Å². The van der Waals surface area contributed by atoms with Crippen molar-refractivity contribution in [3.8, 4) is 0 Å². The summed E-state index contributed by atoms with van der Waals surface area (Å²) < 4.78 is 27.6. The van der Waals surface area contributed by atoms with E-state index in [0.29, 0.717) is 12.0 Å². The molecule has 1 unspecified atom stereocenters. The van der Waals surface area contributed by atoms with Gasteiger partial charge in [0, 0.05) is 18.0 Å². The molecule has 1 aliphatic rings. The lowest BCUT2D eigenvalue weighted by molar-refractivity contribution is -0.148. The molecule has 1 fully saturated rings. The topological polar surface area (TPSA) is 107 Å². The number of Topliss-reactive ketones (excluding diaryl/α,β-unsaturated/α-hetero) is 1. The second-order valence-corrected chi connectivity index (χ2v) is 9.63. The smallest absolute Gasteiger partial charge is 0.306 e. The normalized spacial score (nSPS) is 17.6. The Morgan fingerprint density at radius 2 is 1.83 bits per heavy atom. The average molecular weight is 424 g/mol. The molecule has 29 heavy (non-hydrogen) atoms. The number of carbonyl (C=O) groups is 3. The molecule has 1 N–H and O–H groups in total. The number of aryl methyl sites for hydroxylation is 1. The van der Waals surface area contributed by atoms with E-state index < -0.39 is 34.4 Å². The minimum Gasteiger partial charge on any atom is -0.456 e. The molecule has 2 rings (SSSR count). The van der Waals surface area contributed by atoms with Gasteiger partial charge in [-0.1, -0.05) is 44.0 Å². The van der Waals surface area contributed by atoms with Gasteiger partial charge in [-0.3, -0.25) is 14.4 Å². The minimum atomic E-state index is -3.09. The van der Waals surface area contributed by atoms with E-state index in [1.807, 2.05) is 12.1 Å². The van der Waals surface area contributed by atoms with Crippen molar-refractivity contribution in [1.29, 1.82) is 0 Å². The molecule has 0 aromatic heterocycles.